The summed E-state index contributed by atoms with van der Waals surface area (Å²) in [5, 5.41) is 5.57. The zero-order valence-corrected chi connectivity index (χ0v) is 19.8. The number of anilines is 1. The van der Waals surface area contributed by atoms with Gasteiger partial charge in [-0.2, -0.15) is 0 Å². The van der Waals surface area contributed by atoms with Gasteiger partial charge in [0.15, 0.2) is 0 Å². The number of ether oxygens (including phenoxy) is 1. The van der Waals surface area contributed by atoms with Crippen LogP contribution in [0.1, 0.15) is 40.0 Å². The first-order chi connectivity index (χ1) is 14.4. The normalized spacial score (nSPS) is 17.9. The Balaban J connectivity index is 1.96. The molecular formula is C21H34N4O5S. The van der Waals surface area contributed by atoms with Crippen LogP contribution in [0.5, 0.6) is 0 Å². The SMILES string of the molecule is CN(C)S(=O)(=O)c1cccc(NC(=O)CN2CCCCC2CNC(=O)OC(C)(C)C)c1. The van der Waals surface area contributed by atoms with Crippen LogP contribution in [0.15, 0.2) is 29.2 Å². The molecule has 1 atom stereocenters. The second-order valence-corrected chi connectivity index (χ2v) is 11.0. The molecule has 0 aliphatic carbocycles. The fourth-order valence-electron chi connectivity index (χ4n) is 3.34. The minimum Gasteiger partial charge on any atom is -0.444 e. The van der Waals surface area contributed by atoms with Crippen LogP contribution in [0.4, 0.5) is 10.5 Å². The summed E-state index contributed by atoms with van der Waals surface area (Å²) in [5.41, 5.74) is -0.140. The van der Waals surface area contributed by atoms with Gasteiger partial charge in [-0.05, 0) is 58.4 Å². The van der Waals surface area contributed by atoms with Crippen molar-refractivity contribution in [2.75, 3.05) is 39.0 Å². The van der Waals surface area contributed by atoms with Gasteiger partial charge in [-0.3, -0.25) is 9.69 Å². The van der Waals surface area contributed by atoms with Gasteiger partial charge < -0.3 is 15.4 Å². The molecule has 0 radical (unpaired) electrons. The highest BCUT2D eigenvalue weighted by Gasteiger charge is 2.26. The number of carbonyl (C=O) groups is 2. The van der Waals surface area contributed by atoms with Crippen LogP contribution in [0.2, 0.25) is 0 Å². The molecule has 0 spiro atoms. The van der Waals surface area contributed by atoms with E-state index in [0.717, 1.165) is 30.1 Å². The highest BCUT2D eigenvalue weighted by Crippen LogP contribution is 2.19. The van der Waals surface area contributed by atoms with Gasteiger partial charge in [0.1, 0.15) is 5.60 Å². The minimum atomic E-state index is -3.58. The molecule has 9 nitrogen and oxygen atoms in total. The molecule has 0 saturated carbocycles. The smallest absolute Gasteiger partial charge is 0.407 e. The summed E-state index contributed by atoms with van der Waals surface area (Å²) in [4.78, 5) is 26.7. The summed E-state index contributed by atoms with van der Waals surface area (Å²) in [7, 11) is -0.659. The van der Waals surface area contributed by atoms with Gasteiger partial charge in [-0.25, -0.2) is 17.5 Å². The van der Waals surface area contributed by atoms with E-state index in [-0.39, 0.29) is 23.4 Å². The summed E-state index contributed by atoms with van der Waals surface area (Å²) in [6.45, 7) is 6.74. The Labute approximate surface area is 185 Å². The van der Waals surface area contributed by atoms with E-state index in [1.807, 2.05) is 25.7 Å². The van der Waals surface area contributed by atoms with E-state index in [1.165, 1.54) is 26.2 Å². The highest BCUT2D eigenvalue weighted by molar-refractivity contribution is 7.89. The molecule has 10 heteroatoms. The van der Waals surface area contributed by atoms with Gasteiger partial charge in [-0.15, -0.1) is 0 Å². The first kappa shape index (κ1) is 25.1. The van der Waals surface area contributed by atoms with Gasteiger partial charge in [0.05, 0.1) is 11.4 Å². The Morgan fingerprint density at radius 1 is 1.23 bits per heavy atom. The zero-order valence-electron chi connectivity index (χ0n) is 19.0. The molecular weight excluding hydrogens is 420 g/mol. The van der Waals surface area contributed by atoms with Crippen LogP contribution in [-0.4, -0.2) is 75.0 Å². The van der Waals surface area contributed by atoms with Crippen molar-refractivity contribution in [3.63, 3.8) is 0 Å². The largest absolute Gasteiger partial charge is 0.444 e. The molecule has 2 N–H and O–H groups in total. The number of piperidine rings is 1. The molecule has 0 aromatic heterocycles. The van der Waals surface area contributed by atoms with Crippen molar-refractivity contribution in [1.29, 1.82) is 0 Å². The summed E-state index contributed by atoms with van der Waals surface area (Å²) >= 11 is 0. The van der Waals surface area contributed by atoms with Gasteiger partial charge in [0.25, 0.3) is 0 Å². The topological polar surface area (TPSA) is 108 Å². The summed E-state index contributed by atoms with van der Waals surface area (Å²) in [5.74, 6) is -0.233. The van der Waals surface area contributed by atoms with Crippen molar-refractivity contribution in [3.05, 3.63) is 24.3 Å². The predicted octanol–water partition coefficient (Wildman–Crippen LogP) is 2.25. The maximum Gasteiger partial charge on any atom is 0.407 e. The molecule has 1 aliphatic rings. The summed E-state index contributed by atoms with van der Waals surface area (Å²) in [6, 6.07) is 6.23. The monoisotopic (exact) mass is 454 g/mol. The number of hydrogen-bond acceptors (Lipinski definition) is 6. The number of nitrogens with zero attached hydrogens (tertiary/aromatic N) is 2. The predicted molar refractivity (Wildman–Crippen MR) is 119 cm³/mol. The van der Waals surface area contributed by atoms with E-state index >= 15 is 0 Å². The fraction of sp³-hybridized carbons (Fsp3) is 0.619. The highest BCUT2D eigenvalue weighted by atomic mass is 32.2. The molecule has 1 aliphatic heterocycles. The van der Waals surface area contributed by atoms with E-state index in [0.29, 0.717) is 12.2 Å². The summed E-state index contributed by atoms with van der Waals surface area (Å²) < 4.78 is 31.0. The lowest BCUT2D eigenvalue weighted by Crippen LogP contribution is -2.49. The average molecular weight is 455 g/mol. The molecule has 1 saturated heterocycles. The van der Waals surface area contributed by atoms with Crippen LogP contribution in [0.25, 0.3) is 0 Å². The maximum atomic E-state index is 12.6. The van der Waals surface area contributed by atoms with Crippen LogP contribution in [-0.2, 0) is 19.6 Å². The number of benzene rings is 1. The van der Waals surface area contributed by atoms with Crippen molar-refractivity contribution in [2.24, 2.45) is 0 Å². The van der Waals surface area contributed by atoms with E-state index in [1.54, 1.807) is 12.1 Å². The molecule has 1 unspecified atom stereocenters. The first-order valence-electron chi connectivity index (χ1n) is 10.4. The van der Waals surface area contributed by atoms with E-state index in [9.17, 15) is 18.0 Å². The molecule has 1 fully saturated rings. The van der Waals surface area contributed by atoms with Crippen molar-refractivity contribution >= 4 is 27.7 Å². The number of nitrogens with one attached hydrogen (secondary N) is 2. The lowest BCUT2D eigenvalue weighted by molar-refractivity contribution is -0.118. The molecule has 2 amide bonds. The Hall–Kier alpha value is -2.17. The molecule has 31 heavy (non-hydrogen) atoms. The van der Waals surface area contributed by atoms with Crippen LogP contribution in [0.3, 0.4) is 0 Å². The average Bonchev–Trinajstić information content (AvgIpc) is 2.66. The van der Waals surface area contributed by atoms with Gasteiger partial charge in [0, 0.05) is 32.4 Å². The fourth-order valence-corrected chi connectivity index (χ4v) is 4.29. The van der Waals surface area contributed by atoms with Crippen LogP contribution < -0.4 is 10.6 Å². The molecule has 2 rings (SSSR count). The van der Waals surface area contributed by atoms with E-state index in [2.05, 4.69) is 10.6 Å². The quantitative estimate of drug-likeness (QED) is 0.654. The number of sulfonamides is 1. The molecule has 1 aromatic carbocycles. The van der Waals surface area contributed by atoms with Crippen molar-refractivity contribution < 1.29 is 22.7 Å². The number of alkyl carbamates (subject to hydrolysis) is 1. The van der Waals surface area contributed by atoms with Crippen molar-refractivity contribution in [1.82, 2.24) is 14.5 Å². The molecule has 1 heterocycles. The zero-order chi connectivity index (χ0) is 23.2. The Morgan fingerprint density at radius 2 is 1.94 bits per heavy atom. The summed E-state index contributed by atoms with van der Waals surface area (Å²) in [6.07, 6.45) is 2.41. The number of hydrogen-bond donors (Lipinski definition) is 2. The van der Waals surface area contributed by atoms with E-state index < -0.39 is 21.7 Å². The standard InChI is InChI=1S/C21H34N4O5S/c1-21(2,3)30-20(27)22-14-17-10-6-7-12-25(17)15-19(26)23-16-9-8-11-18(13-16)31(28,29)24(4)5/h8-9,11,13,17H,6-7,10,12,14-15H2,1-5H3,(H,22,27)(H,23,26). The van der Waals surface area contributed by atoms with Gasteiger partial charge >= 0.3 is 6.09 Å². The first-order valence-corrected chi connectivity index (χ1v) is 11.9. The third-order valence-electron chi connectivity index (χ3n) is 4.87. The minimum absolute atomic E-state index is 0.0347. The molecule has 1 aromatic rings. The van der Waals surface area contributed by atoms with Gasteiger partial charge in [-0.1, -0.05) is 12.5 Å². The Morgan fingerprint density at radius 3 is 2.58 bits per heavy atom. The molecule has 0 bridgehead atoms. The van der Waals surface area contributed by atoms with Crippen molar-refractivity contribution in [3.8, 4) is 0 Å². The van der Waals surface area contributed by atoms with Crippen molar-refractivity contribution in [2.45, 2.75) is 56.6 Å². The lowest BCUT2D eigenvalue weighted by atomic mass is 10.0. The molecule has 174 valence electrons. The third-order valence-corrected chi connectivity index (χ3v) is 6.68. The number of rotatable bonds is 7. The lowest BCUT2D eigenvalue weighted by Gasteiger charge is -2.35. The van der Waals surface area contributed by atoms with Crippen LogP contribution >= 0.6 is 0 Å². The Bertz CT molecular complexity index is 880. The van der Waals surface area contributed by atoms with Crippen LogP contribution in [0, 0.1) is 0 Å². The number of carbonyl (C=O) groups excluding carboxylic acids is 2. The second-order valence-electron chi connectivity index (χ2n) is 8.87. The van der Waals surface area contributed by atoms with Gasteiger partial charge in [0.2, 0.25) is 15.9 Å². The number of likely N-dealkylation sites (tertiary alicyclic amines) is 1. The second kappa shape index (κ2) is 10.4. The Kier molecular flexibility index (Phi) is 8.44. The maximum absolute atomic E-state index is 12.6. The third kappa shape index (κ3) is 7.79. The van der Waals surface area contributed by atoms with E-state index in [4.69, 9.17) is 4.74 Å². The number of amides is 2.